The Morgan fingerprint density at radius 3 is 2.71 bits per heavy atom. The Kier molecular flexibility index (Phi) is 7.97. The van der Waals surface area contributed by atoms with Crippen LogP contribution in [-0.4, -0.2) is 39.4 Å². The van der Waals surface area contributed by atoms with Crippen molar-refractivity contribution >= 4 is 43.4 Å². The molecule has 0 aliphatic rings. The van der Waals surface area contributed by atoms with E-state index in [2.05, 4.69) is 32.9 Å². The summed E-state index contributed by atoms with van der Waals surface area (Å²) in [7, 11) is -2.05. The predicted octanol–water partition coefficient (Wildman–Crippen LogP) is 3.08. The first-order valence-corrected chi connectivity index (χ1v) is 9.37. The molecule has 0 fully saturated rings. The summed E-state index contributed by atoms with van der Waals surface area (Å²) < 4.78 is 29.0. The van der Waals surface area contributed by atoms with E-state index in [1.165, 1.54) is 4.31 Å². The summed E-state index contributed by atoms with van der Waals surface area (Å²) in [5.74, 6) is 0. The molecule has 5 nitrogen and oxygen atoms in total. The van der Waals surface area contributed by atoms with Crippen LogP contribution in [0.15, 0.2) is 22.7 Å². The molecule has 120 valence electrons. The molecule has 1 rings (SSSR count). The van der Waals surface area contributed by atoms with Crippen LogP contribution in [0.3, 0.4) is 0 Å². The highest BCUT2D eigenvalue weighted by Gasteiger charge is 2.18. The van der Waals surface area contributed by atoms with E-state index >= 15 is 0 Å². The van der Waals surface area contributed by atoms with Gasteiger partial charge in [0.1, 0.15) is 0 Å². The molecule has 0 saturated carbocycles. The lowest BCUT2D eigenvalue weighted by Crippen LogP contribution is -2.34. The van der Waals surface area contributed by atoms with E-state index < -0.39 is 10.2 Å². The molecular weight excluding hydrogens is 378 g/mol. The third kappa shape index (κ3) is 6.52. The summed E-state index contributed by atoms with van der Waals surface area (Å²) in [6.45, 7) is 4.28. The average Bonchev–Trinajstić information content (AvgIpc) is 2.42. The summed E-state index contributed by atoms with van der Waals surface area (Å²) in [5.41, 5.74) is 0.363. The van der Waals surface area contributed by atoms with Crippen LogP contribution in [0.25, 0.3) is 0 Å². The number of nitrogens with zero attached hydrogens (tertiary/aromatic N) is 1. The topological polar surface area (TPSA) is 61.4 Å². The quantitative estimate of drug-likeness (QED) is 0.628. The lowest BCUT2D eigenvalue weighted by molar-refractivity contribution is 0.458. The molecule has 0 radical (unpaired) electrons. The van der Waals surface area contributed by atoms with Crippen LogP contribution in [0.5, 0.6) is 0 Å². The van der Waals surface area contributed by atoms with Crippen molar-refractivity contribution in [2.24, 2.45) is 0 Å². The van der Waals surface area contributed by atoms with Gasteiger partial charge >= 0.3 is 10.2 Å². The normalized spacial score (nSPS) is 11.9. The average molecular weight is 399 g/mol. The smallest absolute Gasteiger partial charge is 0.301 e. The first-order valence-electron chi connectivity index (χ1n) is 6.76. The lowest BCUT2D eigenvalue weighted by atomic mass is 10.3. The number of benzene rings is 1. The van der Waals surface area contributed by atoms with Gasteiger partial charge in [0.05, 0.1) is 10.7 Å². The second kappa shape index (κ2) is 8.95. The lowest BCUT2D eigenvalue weighted by Gasteiger charge is -2.19. The monoisotopic (exact) mass is 397 g/mol. The summed E-state index contributed by atoms with van der Waals surface area (Å²) in [6, 6.07) is 5.03. The fraction of sp³-hybridized carbons (Fsp3) is 0.538. The summed E-state index contributed by atoms with van der Waals surface area (Å²) >= 11 is 9.28. The third-order valence-corrected chi connectivity index (χ3v) is 5.13. The van der Waals surface area contributed by atoms with Gasteiger partial charge < -0.3 is 5.32 Å². The van der Waals surface area contributed by atoms with Crippen LogP contribution in [0.2, 0.25) is 5.02 Å². The molecule has 1 aromatic rings. The van der Waals surface area contributed by atoms with E-state index in [4.69, 9.17) is 11.6 Å². The number of nitrogens with one attached hydrogen (secondary N) is 2. The van der Waals surface area contributed by atoms with Gasteiger partial charge in [0.25, 0.3) is 0 Å². The van der Waals surface area contributed by atoms with Gasteiger partial charge in [-0.3, -0.25) is 4.72 Å². The largest absolute Gasteiger partial charge is 0.317 e. The van der Waals surface area contributed by atoms with Gasteiger partial charge in [-0.15, -0.1) is 0 Å². The van der Waals surface area contributed by atoms with Crippen LogP contribution in [0.1, 0.15) is 19.8 Å². The maximum atomic E-state index is 12.2. The zero-order valence-corrected chi connectivity index (χ0v) is 15.4. The molecule has 1 aromatic carbocycles. The van der Waals surface area contributed by atoms with Crippen molar-refractivity contribution in [3.05, 3.63) is 27.7 Å². The summed E-state index contributed by atoms with van der Waals surface area (Å²) in [6.07, 6.45) is 1.82. The van der Waals surface area contributed by atoms with Crippen LogP contribution >= 0.6 is 27.5 Å². The highest BCUT2D eigenvalue weighted by Crippen LogP contribution is 2.26. The zero-order chi connectivity index (χ0) is 15.9. The second-order valence-electron chi connectivity index (χ2n) is 4.66. The highest BCUT2D eigenvalue weighted by atomic mass is 79.9. The van der Waals surface area contributed by atoms with Gasteiger partial charge in [-0.05, 0) is 44.1 Å². The zero-order valence-electron chi connectivity index (χ0n) is 12.2. The maximum Gasteiger partial charge on any atom is 0.301 e. The molecule has 8 heteroatoms. The molecule has 0 bridgehead atoms. The number of halogens is 2. The molecule has 0 atom stereocenters. The molecule has 0 heterocycles. The molecule has 0 aliphatic heterocycles. The van der Waals surface area contributed by atoms with Gasteiger partial charge in [-0.1, -0.05) is 34.5 Å². The van der Waals surface area contributed by atoms with Crippen molar-refractivity contribution in [2.75, 3.05) is 31.4 Å². The molecule has 2 N–H and O–H groups in total. The summed E-state index contributed by atoms with van der Waals surface area (Å²) in [5, 5.41) is 3.60. The van der Waals surface area contributed by atoms with E-state index in [1.54, 1.807) is 25.2 Å². The fourth-order valence-corrected chi connectivity index (χ4v) is 3.20. The van der Waals surface area contributed by atoms with Crippen molar-refractivity contribution in [2.45, 2.75) is 19.8 Å². The van der Waals surface area contributed by atoms with Crippen molar-refractivity contribution in [3.63, 3.8) is 0 Å². The van der Waals surface area contributed by atoms with E-state index in [1.807, 2.05) is 0 Å². The van der Waals surface area contributed by atoms with Crippen LogP contribution in [-0.2, 0) is 10.2 Å². The number of hydrogen-bond donors (Lipinski definition) is 2. The number of hydrogen-bond acceptors (Lipinski definition) is 3. The molecular formula is C13H21BrClN3O2S. The Hall–Kier alpha value is -0.340. The Labute approximate surface area is 140 Å². The number of anilines is 1. The van der Waals surface area contributed by atoms with Crippen molar-refractivity contribution in [1.29, 1.82) is 0 Å². The van der Waals surface area contributed by atoms with Crippen molar-refractivity contribution < 1.29 is 8.42 Å². The van der Waals surface area contributed by atoms with Gasteiger partial charge in [0, 0.05) is 18.1 Å². The minimum absolute atomic E-state index is 0.361. The Morgan fingerprint density at radius 1 is 1.33 bits per heavy atom. The van der Waals surface area contributed by atoms with Crippen LogP contribution in [0.4, 0.5) is 5.69 Å². The van der Waals surface area contributed by atoms with Gasteiger partial charge in [0.2, 0.25) is 0 Å². The Bertz CT molecular complexity index is 554. The van der Waals surface area contributed by atoms with Crippen molar-refractivity contribution in [3.8, 4) is 0 Å². The van der Waals surface area contributed by atoms with E-state index in [0.29, 0.717) is 17.3 Å². The van der Waals surface area contributed by atoms with Gasteiger partial charge in [-0.25, -0.2) is 0 Å². The SMILES string of the molecule is CCCNCCCN(C)S(=O)(=O)Nc1cc(Br)ccc1Cl. The predicted molar refractivity (Wildman–Crippen MR) is 92.1 cm³/mol. The minimum Gasteiger partial charge on any atom is -0.317 e. The van der Waals surface area contributed by atoms with Gasteiger partial charge in [0.15, 0.2) is 0 Å². The standard InChI is InChI=1S/C13H21BrClN3O2S/c1-3-7-16-8-4-9-18(2)21(19,20)17-13-10-11(14)5-6-12(13)15/h5-6,10,16-17H,3-4,7-9H2,1-2H3. The maximum absolute atomic E-state index is 12.2. The highest BCUT2D eigenvalue weighted by molar-refractivity contribution is 9.10. The second-order valence-corrected chi connectivity index (χ2v) is 7.76. The summed E-state index contributed by atoms with van der Waals surface area (Å²) in [4.78, 5) is 0. The third-order valence-electron chi connectivity index (χ3n) is 2.83. The fourth-order valence-electron chi connectivity index (χ4n) is 1.64. The minimum atomic E-state index is -3.60. The van der Waals surface area contributed by atoms with E-state index in [0.717, 1.165) is 30.4 Å². The first kappa shape index (κ1) is 18.7. The van der Waals surface area contributed by atoms with Gasteiger partial charge in [-0.2, -0.15) is 12.7 Å². The molecule has 0 aliphatic carbocycles. The molecule has 0 saturated heterocycles. The first-order chi connectivity index (χ1) is 9.86. The molecule has 0 amide bonds. The van der Waals surface area contributed by atoms with E-state index in [-0.39, 0.29) is 0 Å². The van der Waals surface area contributed by atoms with Crippen molar-refractivity contribution in [1.82, 2.24) is 9.62 Å². The van der Waals surface area contributed by atoms with E-state index in [9.17, 15) is 8.42 Å². The molecule has 0 spiro atoms. The van der Waals surface area contributed by atoms with Crippen LogP contribution < -0.4 is 10.0 Å². The Morgan fingerprint density at radius 2 is 2.05 bits per heavy atom. The van der Waals surface area contributed by atoms with Crippen LogP contribution in [0, 0.1) is 0 Å². The number of rotatable bonds is 9. The molecule has 0 unspecified atom stereocenters. The molecule has 0 aromatic heterocycles. The molecule has 21 heavy (non-hydrogen) atoms. The Balaban J connectivity index is 2.57.